The van der Waals surface area contributed by atoms with Crippen LogP contribution in [0.2, 0.25) is 0 Å². The first-order valence-corrected chi connectivity index (χ1v) is 5.93. The van der Waals surface area contributed by atoms with Gasteiger partial charge in [0.05, 0.1) is 6.61 Å². The zero-order chi connectivity index (χ0) is 12.5. The van der Waals surface area contributed by atoms with E-state index in [2.05, 4.69) is 14.9 Å². The number of hydrogen-bond acceptors (Lipinski definition) is 4. The van der Waals surface area contributed by atoms with Crippen molar-refractivity contribution in [2.24, 2.45) is 5.11 Å². The summed E-state index contributed by atoms with van der Waals surface area (Å²) in [6.07, 6.45) is 0.643. The maximum absolute atomic E-state index is 11.4. The van der Waals surface area contributed by atoms with Crippen molar-refractivity contribution in [3.63, 3.8) is 0 Å². The molecule has 1 aliphatic rings. The molecule has 1 heterocycles. The summed E-state index contributed by atoms with van der Waals surface area (Å²) in [5.74, 6) is 0. The van der Waals surface area contributed by atoms with Crippen LogP contribution in [0.4, 0.5) is 4.79 Å². The maximum atomic E-state index is 11.4. The van der Waals surface area contributed by atoms with Gasteiger partial charge < -0.3 is 9.64 Å². The Morgan fingerprint density at radius 2 is 2.12 bits per heavy atom. The van der Waals surface area contributed by atoms with Crippen LogP contribution in [-0.4, -0.2) is 61.8 Å². The molecule has 17 heavy (non-hydrogen) atoms. The quantitative estimate of drug-likeness (QED) is 0.316. The van der Waals surface area contributed by atoms with Gasteiger partial charge in [0, 0.05) is 37.6 Å². The Balaban J connectivity index is 2.17. The second kappa shape index (κ2) is 7.76. The lowest BCUT2D eigenvalue weighted by Gasteiger charge is -2.33. The van der Waals surface area contributed by atoms with Gasteiger partial charge in [0.1, 0.15) is 0 Å². The maximum Gasteiger partial charge on any atom is 0.409 e. The molecular weight excluding hydrogens is 222 g/mol. The Morgan fingerprint density at radius 3 is 2.71 bits per heavy atom. The van der Waals surface area contributed by atoms with Crippen molar-refractivity contribution in [3.8, 4) is 0 Å². The summed E-state index contributed by atoms with van der Waals surface area (Å²) >= 11 is 0. The molecule has 0 atom stereocenters. The first-order chi connectivity index (χ1) is 8.27. The summed E-state index contributed by atoms with van der Waals surface area (Å²) in [6, 6.07) is 0. The van der Waals surface area contributed by atoms with E-state index in [0.29, 0.717) is 26.2 Å². The van der Waals surface area contributed by atoms with Crippen LogP contribution < -0.4 is 0 Å². The van der Waals surface area contributed by atoms with Crippen LogP contribution in [0.1, 0.15) is 13.3 Å². The van der Waals surface area contributed by atoms with Crippen LogP contribution in [0, 0.1) is 0 Å². The number of hydrogen-bond donors (Lipinski definition) is 0. The van der Waals surface area contributed by atoms with Crippen molar-refractivity contribution in [2.75, 3.05) is 45.9 Å². The second-order valence-electron chi connectivity index (χ2n) is 3.84. The van der Waals surface area contributed by atoms with Crippen molar-refractivity contribution in [2.45, 2.75) is 13.3 Å². The average molecular weight is 241 g/mol. The van der Waals surface area contributed by atoms with Gasteiger partial charge in [-0.05, 0) is 25.4 Å². The minimum absolute atomic E-state index is 0.221. The molecule has 0 aromatic heterocycles. The van der Waals surface area contributed by atoms with Gasteiger partial charge >= 0.3 is 6.09 Å². The van der Waals surface area contributed by atoms with Crippen LogP contribution in [0.3, 0.4) is 0 Å². The molecule has 1 amide bonds. The summed E-state index contributed by atoms with van der Waals surface area (Å²) in [5.41, 5.74) is 8.14. The van der Waals surface area contributed by atoms with E-state index in [1.807, 2.05) is 6.92 Å². The molecule has 0 N–H and O–H groups in total. The van der Waals surface area contributed by atoms with Gasteiger partial charge in [0.15, 0.2) is 0 Å². The van der Waals surface area contributed by atoms with Crippen LogP contribution in [0.15, 0.2) is 5.11 Å². The Bertz CT molecular complexity index is 282. The standard InChI is InChI=1S/C10H19N5O2/c1-2-17-10(16)15-8-6-14(7-9-15)5-3-4-12-13-11/h2-9H2,1H3. The van der Waals surface area contributed by atoms with Gasteiger partial charge in [-0.1, -0.05) is 5.11 Å². The second-order valence-corrected chi connectivity index (χ2v) is 3.84. The highest BCUT2D eigenvalue weighted by atomic mass is 16.6. The summed E-state index contributed by atoms with van der Waals surface area (Å²) in [4.78, 5) is 18.1. The number of piperazine rings is 1. The van der Waals surface area contributed by atoms with Crippen molar-refractivity contribution in [1.29, 1.82) is 0 Å². The number of nitrogens with zero attached hydrogens (tertiary/aromatic N) is 5. The summed E-state index contributed by atoms with van der Waals surface area (Å²) in [6.45, 7) is 6.81. The molecule has 0 spiro atoms. The van der Waals surface area contributed by atoms with E-state index in [4.69, 9.17) is 10.3 Å². The molecule has 1 fully saturated rings. The van der Waals surface area contributed by atoms with Gasteiger partial charge in [0.25, 0.3) is 0 Å². The van der Waals surface area contributed by atoms with E-state index in [0.717, 1.165) is 26.1 Å². The van der Waals surface area contributed by atoms with Gasteiger partial charge in [-0.15, -0.1) is 0 Å². The lowest BCUT2D eigenvalue weighted by atomic mass is 10.3. The summed E-state index contributed by atoms with van der Waals surface area (Å²) in [7, 11) is 0. The molecule has 0 aromatic rings. The van der Waals surface area contributed by atoms with Crippen LogP contribution >= 0.6 is 0 Å². The van der Waals surface area contributed by atoms with Crippen molar-refractivity contribution < 1.29 is 9.53 Å². The molecule has 0 radical (unpaired) electrons. The highest BCUT2D eigenvalue weighted by Gasteiger charge is 2.21. The summed E-state index contributed by atoms with van der Waals surface area (Å²) in [5, 5.41) is 3.49. The minimum atomic E-state index is -0.221. The third kappa shape index (κ3) is 4.93. The number of amides is 1. The Kier molecular flexibility index (Phi) is 6.21. The van der Waals surface area contributed by atoms with E-state index >= 15 is 0 Å². The topological polar surface area (TPSA) is 81.5 Å². The molecule has 7 nitrogen and oxygen atoms in total. The molecule has 1 aliphatic heterocycles. The Morgan fingerprint density at radius 1 is 1.41 bits per heavy atom. The Hall–Kier alpha value is -1.46. The van der Waals surface area contributed by atoms with Crippen molar-refractivity contribution in [3.05, 3.63) is 10.4 Å². The normalized spacial score (nSPS) is 16.4. The van der Waals surface area contributed by atoms with E-state index in [1.165, 1.54) is 0 Å². The predicted molar refractivity (Wildman–Crippen MR) is 63.7 cm³/mol. The lowest BCUT2D eigenvalue weighted by Crippen LogP contribution is -2.49. The van der Waals surface area contributed by atoms with Gasteiger partial charge in [-0.3, -0.25) is 4.90 Å². The lowest BCUT2D eigenvalue weighted by molar-refractivity contribution is 0.0795. The van der Waals surface area contributed by atoms with Crippen molar-refractivity contribution >= 4 is 6.09 Å². The molecule has 0 aliphatic carbocycles. The molecular formula is C10H19N5O2. The molecule has 0 aromatic carbocycles. The molecule has 0 saturated carbocycles. The third-order valence-corrected chi connectivity index (χ3v) is 2.69. The van der Waals surface area contributed by atoms with E-state index in [1.54, 1.807) is 4.90 Å². The SMILES string of the molecule is CCOC(=O)N1CCN(CCCN=[N+]=[N-])CC1. The first kappa shape index (κ1) is 13.6. The number of ether oxygens (including phenoxy) is 1. The van der Waals surface area contributed by atoms with Gasteiger partial charge in [0.2, 0.25) is 0 Å². The van der Waals surface area contributed by atoms with Gasteiger partial charge in [-0.25, -0.2) is 4.79 Å². The largest absolute Gasteiger partial charge is 0.450 e. The van der Waals surface area contributed by atoms with Crippen LogP contribution in [0.5, 0.6) is 0 Å². The summed E-state index contributed by atoms with van der Waals surface area (Å²) < 4.78 is 4.94. The fraction of sp³-hybridized carbons (Fsp3) is 0.900. The number of carbonyl (C=O) groups is 1. The van der Waals surface area contributed by atoms with E-state index < -0.39 is 0 Å². The monoisotopic (exact) mass is 241 g/mol. The molecule has 96 valence electrons. The number of rotatable bonds is 5. The Labute approximate surface area is 101 Å². The fourth-order valence-corrected chi connectivity index (χ4v) is 1.78. The smallest absolute Gasteiger partial charge is 0.409 e. The van der Waals surface area contributed by atoms with E-state index in [9.17, 15) is 4.79 Å². The highest BCUT2D eigenvalue weighted by molar-refractivity contribution is 5.67. The highest BCUT2D eigenvalue weighted by Crippen LogP contribution is 2.04. The molecule has 1 saturated heterocycles. The first-order valence-electron chi connectivity index (χ1n) is 5.93. The average Bonchev–Trinajstić information content (AvgIpc) is 2.36. The molecule has 0 unspecified atom stereocenters. The van der Waals surface area contributed by atoms with E-state index in [-0.39, 0.29) is 6.09 Å². The number of azide groups is 1. The fourth-order valence-electron chi connectivity index (χ4n) is 1.78. The molecule has 7 heteroatoms. The van der Waals surface area contributed by atoms with Crippen LogP contribution in [-0.2, 0) is 4.74 Å². The van der Waals surface area contributed by atoms with Crippen LogP contribution in [0.25, 0.3) is 10.4 Å². The van der Waals surface area contributed by atoms with Crippen molar-refractivity contribution in [1.82, 2.24) is 9.80 Å². The zero-order valence-corrected chi connectivity index (χ0v) is 10.2. The third-order valence-electron chi connectivity index (χ3n) is 2.69. The predicted octanol–water partition coefficient (Wildman–Crippen LogP) is 1.46. The number of carbonyl (C=O) groups excluding carboxylic acids is 1. The van der Waals surface area contributed by atoms with Gasteiger partial charge in [-0.2, -0.15) is 0 Å². The molecule has 1 rings (SSSR count). The minimum Gasteiger partial charge on any atom is -0.450 e. The zero-order valence-electron chi connectivity index (χ0n) is 10.2. The molecule has 0 bridgehead atoms.